The minimum absolute atomic E-state index is 0.147. The number of rotatable bonds is 0. The molecule has 0 aromatic heterocycles. The maximum Gasteiger partial charge on any atom is 0.200 e. The summed E-state index contributed by atoms with van der Waals surface area (Å²) in [7, 11) is 0. The van der Waals surface area contributed by atoms with Gasteiger partial charge in [-0.15, -0.1) is 11.6 Å². The van der Waals surface area contributed by atoms with Gasteiger partial charge in [0.1, 0.15) is 4.71 Å². The molecular formula is C4HBrCl2OS. The Kier molecular flexibility index (Phi) is 2.49. The summed E-state index contributed by atoms with van der Waals surface area (Å²) in [6.45, 7) is 0. The van der Waals surface area contributed by atoms with Crippen LogP contribution in [0.5, 0.6) is 0 Å². The standard InChI is InChI=1S/C4HBrCl2OS/c5-1-2(8)4(7)9-3(1)6/h4H. The monoisotopic (exact) mass is 246 g/mol. The summed E-state index contributed by atoms with van der Waals surface area (Å²) in [6, 6.07) is 0. The Morgan fingerprint density at radius 3 is 2.33 bits per heavy atom. The van der Waals surface area contributed by atoms with E-state index in [2.05, 4.69) is 15.9 Å². The molecule has 0 amide bonds. The Bertz CT molecular complexity index is 191. The SMILES string of the molecule is O=C1C(Br)=C(Cl)SC1Cl. The van der Waals surface area contributed by atoms with Gasteiger partial charge in [-0.05, 0) is 15.9 Å². The fourth-order valence-corrected chi connectivity index (χ4v) is 2.67. The van der Waals surface area contributed by atoms with Crippen LogP contribution < -0.4 is 0 Å². The van der Waals surface area contributed by atoms with Gasteiger partial charge >= 0.3 is 0 Å². The van der Waals surface area contributed by atoms with Crippen LogP contribution in [0.3, 0.4) is 0 Å². The maximum atomic E-state index is 10.8. The van der Waals surface area contributed by atoms with E-state index >= 15 is 0 Å². The molecule has 0 N–H and O–H groups in total. The molecule has 0 spiro atoms. The quantitative estimate of drug-likeness (QED) is 0.613. The predicted octanol–water partition coefficient (Wildman–Crippen LogP) is 2.67. The predicted molar refractivity (Wildman–Crippen MR) is 44.0 cm³/mol. The van der Waals surface area contributed by atoms with Crippen molar-refractivity contribution in [3.05, 3.63) is 8.85 Å². The summed E-state index contributed by atoms with van der Waals surface area (Å²) in [5, 5.41) is 0. The normalized spacial score (nSPS) is 27.9. The second kappa shape index (κ2) is 2.82. The summed E-state index contributed by atoms with van der Waals surface area (Å²) >= 11 is 15.2. The fraction of sp³-hybridized carbons (Fsp3) is 0.250. The molecule has 0 radical (unpaired) electrons. The summed E-state index contributed by atoms with van der Waals surface area (Å²) in [6.07, 6.45) is 0. The van der Waals surface area contributed by atoms with Crippen LogP contribution in [-0.2, 0) is 4.79 Å². The molecule has 0 aliphatic carbocycles. The van der Waals surface area contributed by atoms with Gasteiger partial charge in [-0.3, -0.25) is 4.79 Å². The topological polar surface area (TPSA) is 17.1 Å². The smallest absolute Gasteiger partial charge is 0.200 e. The van der Waals surface area contributed by atoms with Crippen LogP contribution in [0.1, 0.15) is 0 Å². The van der Waals surface area contributed by atoms with Crippen molar-refractivity contribution in [3.8, 4) is 0 Å². The Hall–Kier alpha value is 0.820. The molecule has 9 heavy (non-hydrogen) atoms. The molecule has 0 aromatic rings. The highest BCUT2D eigenvalue weighted by molar-refractivity contribution is 9.12. The lowest BCUT2D eigenvalue weighted by atomic mass is 10.4. The molecule has 1 aliphatic heterocycles. The highest BCUT2D eigenvalue weighted by atomic mass is 79.9. The molecular weight excluding hydrogens is 247 g/mol. The number of allylic oxidation sites excluding steroid dienone is 1. The van der Waals surface area contributed by atoms with Gasteiger partial charge in [0.2, 0.25) is 0 Å². The van der Waals surface area contributed by atoms with Crippen molar-refractivity contribution in [1.82, 2.24) is 0 Å². The van der Waals surface area contributed by atoms with Gasteiger partial charge in [-0.25, -0.2) is 0 Å². The first-order valence-electron chi connectivity index (χ1n) is 2.03. The number of thioether (sulfide) groups is 1. The molecule has 5 heteroatoms. The van der Waals surface area contributed by atoms with Crippen LogP contribution in [0.4, 0.5) is 0 Å². The number of alkyl halides is 1. The zero-order chi connectivity index (χ0) is 7.02. The number of halogens is 3. The van der Waals surface area contributed by atoms with Crippen LogP contribution in [0.15, 0.2) is 8.85 Å². The van der Waals surface area contributed by atoms with Crippen molar-refractivity contribution in [2.24, 2.45) is 0 Å². The van der Waals surface area contributed by atoms with E-state index in [1.807, 2.05) is 0 Å². The molecule has 0 aromatic carbocycles. The molecule has 1 nitrogen and oxygen atoms in total. The van der Waals surface area contributed by atoms with Crippen LogP contribution >= 0.6 is 50.9 Å². The largest absolute Gasteiger partial charge is 0.291 e. The maximum absolute atomic E-state index is 10.8. The van der Waals surface area contributed by atoms with E-state index in [-0.39, 0.29) is 5.78 Å². The summed E-state index contributed by atoms with van der Waals surface area (Å²) in [4.78, 5) is 10.8. The van der Waals surface area contributed by atoms with Crippen LogP contribution in [-0.4, -0.2) is 10.5 Å². The highest BCUT2D eigenvalue weighted by Crippen LogP contribution is 2.41. The van der Waals surface area contributed by atoms with Gasteiger partial charge in [0.25, 0.3) is 0 Å². The minimum Gasteiger partial charge on any atom is -0.291 e. The van der Waals surface area contributed by atoms with Gasteiger partial charge in [0.05, 0.1) is 8.85 Å². The van der Waals surface area contributed by atoms with Crippen molar-refractivity contribution >= 4 is 56.7 Å². The van der Waals surface area contributed by atoms with Gasteiger partial charge < -0.3 is 0 Å². The van der Waals surface area contributed by atoms with Crippen molar-refractivity contribution in [1.29, 1.82) is 0 Å². The van der Waals surface area contributed by atoms with E-state index in [9.17, 15) is 4.79 Å². The third kappa shape index (κ3) is 1.45. The zero-order valence-corrected chi connectivity index (χ0v) is 7.94. The van der Waals surface area contributed by atoms with Gasteiger partial charge in [-0.2, -0.15) is 0 Å². The van der Waals surface area contributed by atoms with Gasteiger partial charge in [-0.1, -0.05) is 23.4 Å². The van der Waals surface area contributed by atoms with Crippen molar-refractivity contribution in [2.45, 2.75) is 4.71 Å². The zero-order valence-electron chi connectivity index (χ0n) is 4.03. The van der Waals surface area contributed by atoms with Gasteiger partial charge in [0, 0.05) is 0 Å². The summed E-state index contributed by atoms with van der Waals surface area (Å²) < 4.78 is 0.307. The third-order valence-electron chi connectivity index (χ3n) is 0.802. The molecule has 0 saturated heterocycles. The van der Waals surface area contributed by atoms with E-state index in [0.29, 0.717) is 8.85 Å². The summed E-state index contributed by atoms with van der Waals surface area (Å²) in [5.74, 6) is -0.147. The summed E-state index contributed by atoms with van der Waals surface area (Å²) in [5.41, 5.74) is 0. The molecule has 1 unspecified atom stereocenters. The van der Waals surface area contributed by atoms with Crippen molar-refractivity contribution in [3.63, 3.8) is 0 Å². The van der Waals surface area contributed by atoms with E-state index in [1.165, 1.54) is 0 Å². The fourth-order valence-electron chi connectivity index (χ4n) is 0.393. The number of ketones is 1. The molecule has 1 heterocycles. The molecule has 50 valence electrons. The van der Waals surface area contributed by atoms with Crippen molar-refractivity contribution in [2.75, 3.05) is 0 Å². The van der Waals surface area contributed by atoms with Crippen LogP contribution in [0.2, 0.25) is 0 Å². The molecule has 0 bridgehead atoms. The average molecular weight is 248 g/mol. The number of hydrogen-bond acceptors (Lipinski definition) is 2. The molecule has 0 fully saturated rings. The van der Waals surface area contributed by atoms with Gasteiger partial charge in [0.15, 0.2) is 5.78 Å². The number of carbonyl (C=O) groups is 1. The first-order valence-corrected chi connectivity index (χ1v) is 4.52. The van der Waals surface area contributed by atoms with E-state index in [4.69, 9.17) is 23.2 Å². The first kappa shape index (κ1) is 7.92. The van der Waals surface area contributed by atoms with E-state index in [1.54, 1.807) is 0 Å². The lowest BCUT2D eigenvalue weighted by Gasteiger charge is -1.90. The molecule has 1 rings (SSSR count). The first-order chi connectivity index (χ1) is 4.13. The molecule has 0 saturated carbocycles. The number of Topliss-reactive ketones (excluding diaryl/α,β-unsaturated/α-hetero) is 1. The lowest BCUT2D eigenvalue weighted by Crippen LogP contribution is -2.02. The second-order valence-corrected chi connectivity index (χ2v) is 4.59. The molecule has 1 atom stereocenters. The minimum atomic E-state index is -0.535. The Labute approximate surface area is 74.9 Å². The second-order valence-electron chi connectivity index (χ2n) is 1.39. The van der Waals surface area contributed by atoms with E-state index < -0.39 is 4.71 Å². The number of carbonyl (C=O) groups excluding carboxylic acids is 1. The highest BCUT2D eigenvalue weighted by Gasteiger charge is 2.29. The number of hydrogen-bond donors (Lipinski definition) is 0. The van der Waals surface area contributed by atoms with Crippen LogP contribution in [0, 0.1) is 0 Å². The Morgan fingerprint density at radius 2 is 2.22 bits per heavy atom. The van der Waals surface area contributed by atoms with E-state index in [0.717, 1.165) is 11.8 Å². The Morgan fingerprint density at radius 1 is 1.67 bits per heavy atom. The molecule has 1 aliphatic rings. The Balaban J connectivity index is 2.87. The lowest BCUT2D eigenvalue weighted by molar-refractivity contribution is -0.113. The van der Waals surface area contributed by atoms with Crippen LogP contribution in [0.25, 0.3) is 0 Å². The van der Waals surface area contributed by atoms with Crippen molar-refractivity contribution < 1.29 is 4.79 Å². The third-order valence-corrected chi connectivity index (χ3v) is 3.83. The average Bonchev–Trinajstić information content (AvgIpc) is 1.98.